The van der Waals surface area contributed by atoms with E-state index in [2.05, 4.69) is 10.0 Å². The van der Waals surface area contributed by atoms with Gasteiger partial charge in [0.2, 0.25) is 0 Å². The van der Waals surface area contributed by atoms with Crippen LogP contribution in [0, 0.1) is 6.92 Å². The molecule has 168 valence electrons. The second-order valence-electron chi connectivity index (χ2n) is 7.30. The number of para-hydroxylation sites is 1. The molecule has 0 aliphatic rings. The summed E-state index contributed by atoms with van der Waals surface area (Å²) in [5.41, 5.74) is 2.64. The molecule has 3 rings (SSSR count). The standard InChI is InChI=1S/C24H25ClN2O4S/c1-4-18-7-5-6-8-23(18)31-17(3)24(28)26-20-11-13-21(14-12-20)32(29,30)27-22-15-19(25)10-9-16(22)2/h5-15,17,27H,4H2,1-3H3,(H,26,28)/t17-/m0/s1. The molecule has 1 atom stereocenters. The Morgan fingerprint density at radius 2 is 1.75 bits per heavy atom. The van der Waals surface area contributed by atoms with Gasteiger partial charge in [0.05, 0.1) is 10.6 Å². The maximum absolute atomic E-state index is 12.7. The zero-order chi connectivity index (χ0) is 23.3. The number of anilines is 2. The Bertz CT molecular complexity index is 1210. The van der Waals surface area contributed by atoms with Gasteiger partial charge in [-0.25, -0.2) is 8.42 Å². The van der Waals surface area contributed by atoms with Crippen molar-refractivity contribution in [1.82, 2.24) is 0 Å². The van der Waals surface area contributed by atoms with Crippen molar-refractivity contribution in [3.05, 3.63) is 82.9 Å². The van der Waals surface area contributed by atoms with Crippen molar-refractivity contribution >= 4 is 38.9 Å². The second kappa shape index (κ2) is 10.1. The molecule has 3 aromatic carbocycles. The van der Waals surface area contributed by atoms with Crippen LogP contribution < -0.4 is 14.8 Å². The first-order valence-electron chi connectivity index (χ1n) is 10.1. The molecule has 0 bridgehead atoms. The quantitative estimate of drug-likeness (QED) is 0.458. The molecule has 0 saturated heterocycles. The Balaban J connectivity index is 1.67. The highest BCUT2D eigenvalue weighted by Gasteiger charge is 2.18. The fourth-order valence-electron chi connectivity index (χ4n) is 3.02. The highest BCUT2D eigenvalue weighted by atomic mass is 35.5. The normalized spacial score (nSPS) is 12.1. The van der Waals surface area contributed by atoms with E-state index >= 15 is 0 Å². The van der Waals surface area contributed by atoms with Gasteiger partial charge in [-0.1, -0.05) is 42.8 Å². The number of carbonyl (C=O) groups excluding carboxylic acids is 1. The van der Waals surface area contributed by atoms with Crippen LogP contribution in [-0.4, -0.2) is 20.4 Å². The van der Waals surface area contributed by atoms with Gasteiger partial charge in [0.15, 0.2) is 6.10 Å². The van der Waals surface area contributed by atoms with Crippen LogP contribution in [0.3, 0.4) is 0 Å². The lowest BCUT2D eigenvalue weighted by Gasteiger charge is -2.17. The van der Waals surface area contributed by atoms with Gasteiger partial charge < -0.3 is 10.1 Å². The lowest BCUT2D eigenvalue weighted by molar-refractivity contribution is -0.122. The number of hydrogen-bond acceptors (Lipinski definition) is 4. The van der Waals surface area contributed by atoms with Crippen molar-refractivity contribution in [1.29, 1.82) is 0 Å². The summed E-state index contributed by atoms with van der Waals surface area (Å²) < 4.78 is 33.8. The van der Waals surface area contributed by atoms with E-state index in [0.29, 0.717) is 22.1 Å². The van der Waals surface area contributed by atoms with Crippen molar-refractivity contribution < 1.29 is 17.9 Å². The number of benzene rings is 3. The van der Waals surface area contributed by atoms with E-state index in [-0.39, 0.29) is 10.8 Å². The first-order valence-corrected chi connectivity index (χ1v) is 12.0. The predicted molar refractivity (Wildman–Crippen MR) is 128 cm³/mol. The van der Waals surface area contributed by atoms with E-state index in [1.807, 2.05) is 31.2 Å². The van der Waals surface area contributed by atoms with E-state index in [9.17, 15) is 13.2 Å². The van der Waals surface area contributed by atoms with Crippen LogP contribution in [-0.2, 0) is 21.2 Å². The predicted octanol–water partition coefficient (Wildman–Crippen LogP) is 5.42. The summed E-state index contributed by atoms with van der Waals surface area (Å²) >= 11 is 5.97. The molecule has 0 aromatic heterocycles. The third kappa shape index (κ3) is 5.81. The molecule has 0 radical (unpaired) electrons. The molecule has 3 aromatic rings. The third-order valence-corrected chi connectivity index (χ3v) is 6.52. The molecular weight excluding hydrogens is 448 g/mol. The lowest BCUT2D eigenvalue weighted by atomic mass is 10.1. The Morgan fingerprint density at radius 1 is 1.06 bits per heavy atom. The van der Waals surface area contributed by atoms with Gasteiger partial charge in [0, 0.05) is 10.7 Å². The van der Waals surface area contributed by atoms with Gasteiger partial charge in [0.1, 0.15) is 5.75 Å². The minimum Gasteiger partial charge on any atom is -0.481 e. The number of hydrogen-bond donors (Lipinski definition) is 2. The Morgan fingerprint density at radius 3 is 2.44 bits per heavy atom. The van der Waals surface area contributed by atoms with Crippen molar-refractivity contribution in [2.45, 2.75) is 38.2 Å². The summed E-state index contributed by atoms with van der Waals surface area (Å²) in [7, 11) is -3.81. The third-order valence-electron chi connectivity index (χ3n) is 4.90. The maximum Gasteiger partial charge on any atom is 0.265 e. The number of ether oxygens (including phenoxy) is 1. The fourth-order valence-corrected chi connectivity index (χ4v) is 4.32. The number of sulfonamides is 1. The molecule has 1 amide bonds. The molecule has 0 fully saturated rings. The molecule has 6 nitrogen and oxygen atoms in total. The first-order chi connectivity index (χ1) is 15.2. The summed E-state index contributed by atoms with van der Waals surface area (Å²) in [6.45, 7) is 5.47. The number of carbonyl (C=O) groups is 1. The number of amides is 1. The van der Waals surface area contributed by atoms with Crippen molar-refractivity contribution in [2.24, 2.45) is 0 Å². The number of nitrogens with one attached hydrogen (secondary N) is 2. The van der Waals surface area contributed by atoms with Crippen LogP contribution in [0.1, 0.15) is 25.0 Å². The van der Waals surface area contributed by atoms with E-state index in [1.165, 1.54) is 24.3 Å². The SMILES string of the molecule is CCc1ccccc1O[C@@H](C)C(=O)Nc1ccc(S(=O)(=O)Nc2cc(Cl)ccc2C)cc1. The highest BCUT2D eigenvalue weighted by molar-refractivity contribution is 7.92. The van der Waals surface area contributed by atoms with E-state index in [0.717, 1.165) is 17.5 Å². The highest BCUT2D eigenvalue weighted by Crippen LogP contribution is 2.24. The summed E-state index contributed by atoms with van der Waals surface area (Å²) in [5, 5.41) is 3.18. The molecule has 0 spiro atoms. The zero-order valence-electron chi connectivity index (χ0n) is 18.1. The van der Waals surface area contributed by atoms with E-state index < -0.39 is 16.1 Å². The molecule has 0 aliphatic carbocycles. The van der Waals surface area contributed by atoms with Crippen LogP contribution in [0.15, 0.2) is 71.6 Å². The van der Waals surface area contributed by atoms with Gasteiger partial charge in [-0.3, -0.25) is 9.52 Å². The summed E-state index contributed by atoms with van der Waals surface area (Å²) in [6, 6.07) is 18.5. The lowest BCUT2D eigenvalue weighted by Crippen LogP contribution is -2.30. The summed E-state index contributed by atoms with van der Waals surface area (Å²) in [5.74, 6) is 0.334. The maximum atomic E-state index is 12.7. The average Bonchev–Trinajstić information content (AvgIpc) is 2.76. The van der Waals surface area contributed by atoms with E-state index in [4.69, 9.17) is 16.3 Å². The monoisotopic (exact) mass is 472 g/mol. The summed E-state index contributed by atoms with van der Waals surface area (Å²) in [4.78, 5) is 12.6. The van der Waals surface area contributed by atoms with Gasteiger partial charge in [-0.05, 0) is 73.9 Å². The summed E-state index contributed by atoms with van der Waals surface area (Å²) in [6.07, 6.45) is 0.0713. The minimum atomic E-state index is -3.81. The van der Waals surface area contributed by atoms with Crippen molar-refractivity contribution in [2.75, 3.05) is 10.0 Å². The Kier molecular flexibility index (Phi) is 7.43. The van der Waals surface area contributed by atoms with Crippen LogP contribution >= 0.6 is 11.6 Å². The van der Waals surface area contributed by atoms with E-state index in [1.54, 1.807) is 32.0 Å². The van der Waals surface area contributed by atoms with Gasteiger partial charge in [-0.2, -0.15) is 0 Å². The minimum absolute atomic E-state index is 0.0658. The molecule has 0 saturated carbocycles. The molecule has 32 heavy (non-hydrogen) atoms. The van der Waals surface area contributed by atoms with Crippen molar-refractivity contribution in [3.63, 3.8) is 0 Å². The Hall–Kier alpha value is -3.03. The Labute approximate surface area is 193 Å². The average molecular weight is 473 g/mol. The molecule has 0 aliphatic heterocycles. The van der Waals surface area contributed by atoms with Crippen LogP contribution in [0.2, 0.25) is 5.02 Å². The van der Waals surface area contributed by atoms with Gasteiger partial charge in [0.25, 0.3) is 15.9 Å². The van der Waals surface area contributed by atoms with Crippen LogP contribution in [0.25, 0.3) is 0 Å². The number of rotatable bonds is 8. The molecule has 2 N–H and O–H groups in total. The zero-order valence-corrected chi connectivity index (χ0v) is 19.6. The largest absolute Gasteiger partial charge is 0.481 e. The number of aryl methyl sites for hydroxylation is 2. The van der Waals surface area contributed by atoms with Gasteiger partial charge >= 0.3 is 0 Å². The fraction of sp³-hybridized carbons (Fsp3) is 0.208. The molecule has 0 heterocycles. The smallest absolute Gasteiger partial charge is 0.265 e. The van der Waals surface area contributed by atoms with Crippen molar-refractivity contribution in [3.8, 4) is 5.75 Å². The topological polar surface area (TPSA) is 84.5 Å². The number of halogens is 1. The van der Waals surface area contributed by atoms with Crippen LogP contribution in [0.5, 0.6) is 5.75 Å². The molecular formula is C24H25ClN2O4S. The van der Waals surface area contributed by atoms with Crippen LogP contribution in [0.4, 0.5) is 11.4 Å². The first kappa shape index (κ1) is 23.6. The second-order valence-corrected chi connectivity index (χ2v) is 9.42. The van der Waals surface area contributed by atoms with Gasteiger partial charge in [-0.15, -0.1) is 0 Å². The molecule has 8 heteroatoms. The molecule has 0 unspecified atom stereocenters.